The van der Waals surface area contributed by atoms with E-state index in [2.05, 4.69) is 15.2 Å². The number of carbonyl (C=O) groups is 1. The minimum absolute atomic E-state index is 0.0977. The van der Waals surface area contributed by atoms with E-state index in [1.54, 1.807) is 30.3 Å². The third kappa shape index (κ3) is 5.50. The van der Waals surface area contributed by atoms with Crippen molar-refractivity contribution in [2.45, 2.75) is 5.16 Å². The normalized spacial score (nSPS) is 11.4. The summed E-state index contributed by atoms with van der Waals surface area (Å²) in [4.78, 5) is 26.5. The molecule has 0 aliphatic carbocycles. The Kier molecular flexibility index (Phi) is 7.27. The number of aromatic nitrogens is 3. The lowest BCUT2D eigenvalue weighted by molar-refractivity contribution is -0.384. The summed E-state index contributed by atoms with van der Waals surface area (Å²) in [5.41, 5.74) is 0.916. The largest absolute Gasteiger partial charge is 0.497 e. The molecule has 2 heterocycles. The molecular formula is C23H17ClN4O7S. The molecule has 2 aromatic carbocycles. The number of hydrogen-bond donors (Lipinski definition) is 2. The summed E-state index contributed by atoms with van der Waals surface area (Å²) in [6.45, 7) is 0. The number of nitro benzene ring substituents is 1. The number of furan rings is 1. The van der Waals surface area contributed by atoms with Gasteiger partial charge in [-0.15, -0.1) is 5.10 Å². The van der Waals surface area contributed by atoms with Crippen LogP contribution >= 0.6 is 23.4 Å². The van der Waals surface area contributed by atoms with Crippen LogP contribution in [0.4, 0.5) is 5.69 Å². The van der Waals surface area contributed by atoms with Gasteiger partial charge in [0, 0.05) is 35.4 Å². The second-order valence-electron chi connectivity index (χ2n) is 7.11. The van der Waals surface area contributed by atoms with E-state index in [1.807, 2.05) is 0 Å². The molecule has 0 saturated heterocycles. The molecule has 0 fully saturated rings. The maximum atomic E-state index is 11.9. The van der Waals surface area contributed by atoms with Crippen LogP contribution in [0.2, 0.25) is 5.02 Å². The Labute approximate surface area is 212 Å². The minimum Gasteiger partial charge on any atom is -0.497 e. The average molecular weight is 529 g/mol. The molecule has 0 aliphatic heterocycles. The average Bonchev–Trinajstić information content (AvgIpc) is 3.53. The van der Waals surface area contributed by atoms with E-state index in [-0.39, 0.29) is 26.5 Å². The zero-order valence-corrected chi connectivity index (χ0v) is 20.3. The van der Waals surface area contributed by atoms with Gasteiger partial charge < -0.3 is 19.0 Å². The molecule has 0 radical (unpaired) electrons. The molecule has 4 rings (SSSR count). The number of thioether (sulfide) groups is 1. The van der Waals surface area contributed by atoms with Crippen molar-refractivity contribution in [3.63, 3.8) is 0 Å². The van der Waals surface area contributed by atoms with E-state index in [9.17, 15) is 20.0 Å². The topological polar surface area (TPSA) is 154 Å². The van der Waals surface area contributed by atoms with Gasteiger partial charge in [-0.25, -0.2) is 9.78 Å². The molecule has 4 aromatic rings. The van der Waals surface area contributed by atoms with Gasteiger partial charge in [0.25, 0.3) is 5.69 Å². The molecule has 36 heavy (non-hydrogen) atoms. The summed E-state index contributed by atoms with van der Waals surface area (Å²) < 4.78 is 16.2. The number of rotatable bonds is 9. The van der Waals surface area contributed by atoms with Crippen LogP contribution in [-0.4, -0.2) is 45.4 Å². The summed E-state index contributed by atoms with van der Waals surface area (Å²) in [6.07, 6.45) is 1.32. The first-order chi connectivity index (χ1) is 17.3. The van der Waals surface area contributed by atoms with Crippen LogP contribution < -0.4 is 9.47 Å². The van der Waals surface area contributed by atoms with Gasteiger partial charge in [-0.1, -0.05) is 11.6 Å². The molecule has 184 valence electrons. The molecule has 0 saturated carbocycles. The van der Waals surface area contributed by atoms with Crippen molar-refractivity contribution in [1.82, 2.24) is 15.2 Å². The number of hydrogen-bond acceptors (Lipinski definition) is 9. The zero-order chi connectivity index (χ0) is 25.8. The molecule has 2 aromatic heterocycles. The number of aliphatic carboxylic acids is 1. The summed E-state index contributed by atoms with van der Waals surface area (Å²) >= 11 is 6.98. The molecular weight excluding hydrogens is 512 g/mol. The SMILES string of the molecule is COc1cc(OC)cc(-c2nc(S/C(=C\c3ccc(-c4ccc([N+](=O)[O-])cc4Cl)o3)C(=O)O)n[nH]2)c1. The maximum Gasteiger partial charge on any atom is 0.342 e. The lowest BCUT2D eigenvalue weighted by Crippen LogP contribution is -1.97. The number of methoxy groups -OCH3 is 2. The van der Waals surface area contributed by atoms with E-state index in [0.29, 0.717) is 34.2 Å². The number of nitro groups is 1. The van der Waals surface area contributed by atoms with Crippen LogP contribution in [0.5, 0.6) is 11.5 Å². The molecule has 11 nitrogen and oxygen atoms in total. The Bertz CT molecular complexity index is 1460. The Balaban J connectivity index is 1.57. The molecule has 0 amide bonds. The Morgan fingerprint density at radius 1 is 1.17 bits per heavy atom. The van der Waals surface area contributed by atoms with Crippen LogP contribution in [0.3, 0.4) is 0 Å². The first-order valence-corrected chi connectivity index (χ1v) is 11.3. The van der Waals surface area contributed by atoms with Crippen LogP contribution in [0.1, 0.15) is 5.76 Å². The predicted octanol–water partition coefficient (Wildman–Crippen LogP) is 5.53. The number of carboxylic acid groups (broad SMARTS) is 1. The van der Waals surface area contributed by atoms with Crippen molar-refractivity contribution in [3.8, 4) is 34.2 Å². The lowest BCUT2D eigenvalue weighted by atomic mass is 10.1. The third-order valence-electron chi connectivity index (χ3n) is 4.83. The molecule has 0 bridgehead atoms. The highest BCUT2D eigenvalue weighted by molar-refractivity contribution is 8.04. The van der Waals surface area contributed by atoms with E-state index in [1.165, 1.54) is 38.5 Å². The summed E-state index contributed by atoms with van der Waals surface area (Å²) in [5, 5.41) is 27.8. The van der Waals surface area contributed by atoms with Crippen molar-refractivity contribution in [2.24, 2.45) is 0 Å². The number of carboxylic acids is 1. The number of H-pyrrole nitrogens is 1. The van der Waals surface area contributed by atoms with E-state index >= 15 is 0 Å². The monoisotopic (exact) mass is 528 g/mol. The molecule has 0 unspecified atom stereocenters. The van der Waals surface area contributed by atoms with Gasteiger partial charge in [0.2, 0.25) is 5.16 Å². The van der Waals surface area contributed by atoms with Gasteiger partial charge in [0.15, 0.2) is 5.82 Å². The van der Waals surface area contributed by atoms with Crippen molar-refractivity contribution in [3.05, 3.63) is 74.3 Å². The fourth-order valence-electron chi connectivity index (χ4n) is 3.12. The first kappa shape index (κ1) is 24.8. The number of halogens is 1. The number of aromatic amines is 1. The highest BCUT2D eigenvalue weighted by Gasteiger charge is 2.17. The van der Waals surface area contributed by atoms with Crippen molar-refractivity contribution < 1.29 is 28.7 Å². The molecule has 2 N–H and O–H groups in total. The highest BCUT2D eigenvalue weighted by Crippen LogP contribution is 2.34. The Hall–Kier alpha value is -4.29. The molecule has 0 atom stereocenters. The quantitative estimate of drug-likeness (QED) is 0.123. The first-order valence-electron chi connectivity index (χ1n) is 10.1. The second-order valence-corrected chi connectivity index (χ2v) is 8.52. The summed E-state index contributed by atoms with van der Waals surface area (Å²) in [7, 11) is 3.06. The van der Waals surface area contributed by atoms with Crippen LogP contribution in [0, 0.1) is 10.1 Å². The zero-order valence-electron chi connectivity index (χ0n) is 18.7. The van der Waals surface area contributed by atoms with Crippen molar-refractivity contribution in [2.75, 3.05) is 14.2 Å². The van der Waals surface area contributed by atoms with Crippen LogP contribution in [0.15, 0.2) is 63.0 Å². The van der Waals surface area contributed by atoms with E-state index in [4.69, 9.17) is 25.5 Å². The van der Waals surface area contributed by atoms with Crippen LogP contribution in [-0.2, 0) is 4.79 Å². The number of non-ortho nitro benzene ring substituents is 1. The predicted molar refractivity (Wildman–Crippen MR) is 132 cm³/mol. The van der Waals surface area contributed by atoms with Crippen molar-refractivity contribution >= 4 is 41.1 Å². The molecule has 13 heteroatoms. The smallest absolute Gasteiger partial charge is 0.342 e. The number of nitrogens with one attached hydrogen (secondary N) is 1. The summed E-state index contributed by atoms with van der Waals surface area (Å²) in [5.74, 6) is 0.861. The minimum atomic E-state index is -1.21. The van der Waals surface area contributed by atoms with Gasteiger partial charge in [-0.05, 0) is 42.1 Å². The van der Waals surface area contributed by atoms with Crippen LogP contribution in [0.25, 0.3) is 28.8 Å². The van der Waals surface area contributed by atoms with E-state index in [0.717, 1.165) is 11.8 Å². The highest BCUT2D eigenvalue weighted by atomic mass is 35.5. The Morgan fingerprint density at radius 3 is 2.50 bits per heavy atom. The van der Waals surface area contributed by atoms with Gasteiger partial charge in [0.05, 0.1) is 24.2 Å². The Morgan fingerprint density at radius 2 is 1.89 bits per heavy atom. The summed E-state index contributed by atoms with van der Waals surface area (Å²) in [6, 6.07) is 12.3. The number of nitrogens with zero attached hydrogens (tertiary/aromatic N) is 3. The number of benzene rings is 2. The fraction of sp³-hybridized carbons (Fsp3) is 0.0870. The third-order valence-corrected chi connectivity index (χ3v) is 6.02. The van der Waals surface area contributed by atoms with E-state index < -0.39 is 10.9 Å². The fourth-order valence-corrected chi connectivity index (χ4v) is 4.08. The van der Waals surface area contributed by atoms with Gasteiger partial charge in [0.1, 0.15) is 27.9 Å². The maximum absolute atomic E-state index is 11.9. The second kappa shape index (κ2) is 10.5. The van der Waals surface area contributed by atoms with Gasteiger partial charge >= 0.3 is 5.97 Å². The van der Waals surface area contributed by atoms with Gasteiger partial charge in [-0.3, -0.25) is 15.2 Å². The standard InChI is InChI=1S/C23H17ClN4O7S/c1-33-15-7-12(8-16(10-15)34-2)21-25-23(27-26-21)36-20(22(29)30)11-14-4-6-19(35-14)17-5-3-13(28(31)32)9-18(17)24/h3-11H,1-2H3,(H,29,30)(H,25,26,27)/b20-11-. The van der Waals surface area contributed by atoms with Crippen molar-refractivity contribution in [1.29, 1.82) is 0 Å². The lowest BCUT2D eigenvalue weighted by Gasteiger charge is -2.06. The van der Waals surface area contributed by atoms with Gasteiger partial charge in [-0.2, -0.15) is 0 Å². The molecule has 0 spiro atoms. The number of ether oxygens (including phenoxy) is 2. The molecule has 0 aliphatic rings.